The quantitative estimate of drug-likeness (QED) is 0.882. The molecule has 5 heteroatoms. The van der Waals surface area contributed by atoms with Gasteiger partial charge in [-0.05, 0) is 26.3 Å². The van der Waals surface area contributed by atoms with Crippen molar-refractivity contribution in [2.45, 2.75) is 33.7 Å². The summed E-state index contributed by atoms with van der Waals surface area (Å²) in [6.45, 7) is 9.60. The van der Waals surface area contributed by atoms with Gasteiger partial charge in [0.2, 0.25) is 5.91 Å². The van der Waals surface area contributed by atoms with E-state index in [-0.39, 0.29) is 5.91 Å². The highest BCUT2D eigenvalue weighted by atomic mass is 16.2. The maximum absolute atomic E-state index is 11.5. The molecule has 1 aromatic heterocycles. The molecule has 1 aliphatic rings. The largest absolute Gasteiger partial charge is 0.369 e. The zero-order valence-electron chi connectivity index (χ0n) is 12.6. The molecule has 5 nitrogen and oxygen atoms in total. The lowest BCUT2D eigenvalue weighted by molar-refractivity contribution is -0.128. The summed E-state index contributed by atoms with van der Waals surface area (Å²) in [6, 6.07) is 2.11. The molecule has 0 bridgehead atoms. The first-order chi connectivity index (χ1) is 9.52. The second kappa shape index (κ2) is 6.22. The Bertz CT molecular complexity index is 501. The van der Waals surface area contributed by atoms with Crippen LogP contribution in [0.2, 0.25) is 0 Å². The number of aryl methyl sites for hydroxylation is 2. The van der Waals surface area contributed by atoms with Crippen molar-refractivity contribution in [3.8, 4) is 0 Å². The molecule has 1 fully saturated rings. The summed E-state index contributed by atoms with van der Waals surface area (Å²) in [4.78, 5) is 20.3. The highest BCUT2D eigenvalue weighted by molar-refractivity contribution is 5.73. The van der Waals surface area contributed by atoms with E-state index >= 15 is 0 Å². The molecule has 110 valence electrons. The van der Waals surface area contributed by atoms with E-state index in [1.165, 1.54) is 5.69 Å². The molecule has 2 heterocycles. The molecule has 1 amide bonds. The zero-order valence-corrected chi connectivity index (χ0v) is 12.6. The van der Waals surface area contributed by atoms with Gasteiger partial charge in [-0.15, -0.1) is 0 Å². The van der Waals surface area contributed by atoms with Gasteiger partial charge >= 0.3 is 0 Å². The third-order valence-electron chi connectivity index (χ3n) is 3.92. The lowest BCUT2D eigenvalue weighted by Crippen LogP contribution is -2.34. The maximum atomic E-state index is 11.5. The molecular weight excluding hydrogens is 252 g/mol. The van der Waals surface area contributed by atoms with Gasteiger partial charge in [0, 0.05) is 62.3 Å². The molecule has 1 saturated heterocycles. The van der Waals surface area contributed by atoms with E-state index in [9.17, 15) is 4.79 Å². The number of aromatic nitrogens is 1. The number of carbonyl (C=O) groups excluding carboxylic acids is 1. The third-order valence-corrected chi connectivity index (χ3v) is 3.92. The molecule has 2 rings (SSSR count). The van der Waals surface area contributed by atoms with E-state index in [0.29, 0.717) is 6.54 Å². The van der Waals surface area contributed by atoms with Gasteiger partial charge in [0.15, 0.2) is 0 Å². The molecule has 20 heavy (non-hydrogen) atoms. The Balaban J connectivity index is 2.25. The fourth-order valence-electron chi connectivity index (χ4n) is 2.84. The smallest absolute Gasteiger partial charge is 0.219 e. The Kier molecular flexibility index (Phi) is 4.60. The molecule has 0 spiro atoms. The van der Waals surface area contributed by atoms with Crippen molar-refractivity contribution in [1.29, 1.82) is 0 Å². The second-order valence-electron chi connectivity index (χ2n) is 5.40. The van der Waals surface area contributed by atoms with E-state index in [1.54, 1.807) is 6.92 Å². The SMILES string of the molecule is CC(=O)N1CCCN(c2cc(C)nc(C)c2CN)CC1. The van der Waals surface area contributed by atoms with Gasteiger partial charge in [-0.1, -0.05) is 0 Å². The number of nitrogens with two attached hydrogens (primary N) is 1. The lowest BCUT2D eigenvalue weighted by atomic mass is 10.1. The van der Waals surface area contributed by atoms with Crippen molar-refractivity contribution in [3.63, 3.8) is 0 Å². The fourth-order valence-corrected chi connectivity index (χ4v) is 2.84. The van der Waals surface area contributed by atoms with E-state index in [4.69, 9.17) is 5.73 Å². The highest BCUT2D eigenvalue weighted by Crippen LogP contribution is 2.24. The van der Waals surface area contributed by atoms with Crippen molar-refractivity contribution in [3.05, 3.63) is 23.0 Å². The normalized spacial score (nSPS) is 16.2. The van der Waals surface area contributed by atoms with Gasteiger partial charge in [0.05, 0.1) is 0 Å². The van der Waals surface area contributed by atoms with Crippen molar-refractivity contribution in [2.24, 2.45) is 5.73 Å². The average Bonchev–Trinajstić information content (AvgIpc) is 2.63. The summed E-state index contributed by atoms with van der Waals surface area (Å²) >= 11 is 0. The molecule has 0 aliphatic carbocycles. The van der Waals surface area contributed by atoms with Crippen LogP contribution in [0.4, 0.5) is 5.69 Å². The number of hydrogen-bond donors (Lipinski definition) is 1. The lowest BCUT2D eigenvalue weighted by Gasteiger charge is -2.26. The van der Waals surface area contributed by atoms with Gasteiger partial charge in [-0.3, -0.25) is 9.78 Å². The van der Waals surface area contributed by atoms with Gasteiger partial charge in [0.25, 0.3) is 0 Å². The van der Waals surface area contributed by atoms with Crippen molar-refractivity contribution < 1.29 is 4.79 Å². The van der Waals surface area contributed by atoms with Crippen LogP contribution in [0.15, 0.2) is 6.07 Å². The predicted molar refractivity (Wildman–Crippen MR) is 80.7 cm³/mol. The summed E-state index contributed by atoms with van der Waals surface area (Å²) in [5.74, 6) is 0.160. The van der Waals surface area contributed by atoms with E-state index < -0.39 is 0 Å². The first kappa shape index (κ1) is 14.8. The molecule has 1 aromatic rings. The monoisotopic (exact) mass is 276 g/mol. The number of rotatable bonds is 2. The van der Waals surface area contributed by atoms with Crippen LogP contribution >= 0.6 is 0 Å². The molecule has 0 aromatic carbocycles. The van der Waals surface area contributed by atoms with Gasteiger partial charge in [0.1, 0.15) is 0 Å². The van der Waals surface area contributed by atoms with Crippen LogP contribution in [0.3, 0.4) is 0 Å². The fraction of sp³-hybridized carbons (Fsp3) is 0.600. The minimum Gasteiger partial charge on any atom is -0.369 e. The molecule has 2 N–H and O–H groups in total. The van der Waals surface area contributed by atoms with Crippen LogP contribution in [0.1, 0.15) is 30.3 Å². The van der Waals surface area contributed by atoms with Crippen LogP contribution in [0.5, 0.6) is 0 Å². The first-order valence-corrected chi connectivity index (χ1v) is 7.20. The summed E-state index contributed by atoms with van der Waals surface area (Å²) in [5.41, 5.74) is 10.2. The van der Waals surface area contributed by atoms with E-state index in [2.05, 4.69) is 16.0 Å². The molecule has 0 atom stereocenters. The number of carbonyl (C=O) groups is 1. The minimum absolute atomic E-state index is 0.160. The van der Waals surface area contributed by atoms with Crippen LogP contribution in [0, 0.1) is 13.8 Å². The summed E-state index contributed by atoms with van der Waals surface area (Å²) in [6.07, 6.45) is 0.990. The van der Waals surface area contributed by atoms with Crippen LogP contribution < -0.4 is 10.6 Å². The Morgan fingerprint density at radius 1 is 1.30 bits per heavy atom. The number of hydrogen-bond acceptors (Lipinski definition) is 4. The molecule has 0 saturated carbocycles. The minimum atomic E-state index is 0.160. The number of pyridine rings is 1. The highest BCUT2D eigenvalue weighted by Gasteiger charge is 2.19. The zero-order chi connectivity index (χ0) is 14.7. The summed E-state index contributed by atoms with van der Waals surface area (Å²) in [7, 11) is 0. The summed E-state index contributed by atoms with van der Waals surface area (Å²) < 4.78 is 0. The van der Waals surface area contributed by atoms with E-state index in [1.807, 2.05) is 18.7 Å². The maximum Gasteiger partial charge on any atom is 0.219 e. The van der Waals surface area contributed by atoms with Crippen LogP contribution in [-0.4, -0.2) is 42.0 Å². The number of nitrogens with zero attached hydrogens (tertiary/aromatic N) is 3. The van der Waals surface area contributed by atoms with Gasteiger partial charge in [-0.2, -0.15) is 0 Å². The van der Waals surface area contributed by atoms with E-state index in [0.717, 1.165) is 49.6 Å². The van der Waals surface area contributed by atoms with Gasteiger partial charge in [-0.25, -0.2) is 0 Å². The van der Waals surface area contributed by atoms with Gasteiger partial charge < -0.3 is 15.5 Å². The van der Waals surface area contributed by atoms with Crippen molar-refractivity contribution in [1.82, 2.24) is 9.88 Å². The Hall–Kier alpha value is -1.62. The van der Waals surface area contributed by atoms with Crippen molar-refractivity contribution >= 4 is 11.6 Å². The number of amides is 1. The van der Waals surface area contributed by atoms with Crippen molar-refractivity contribution in [2.75, 3.05) is 31.1 Å². The Labute approximate surface area is 120 Å². The Morgan fingerprint density at radius 2 is 2.05 bits per heavy atom. The predicted octanol–water partition coefficient (Wildman–Crippen LogP) is 1.22. The molecule has 0 unspecified atom stereocenters. The second-order valence-corrected chi connectivity index (χ2v) is 5.40. The Morgan fingerprint density at radius 3 is 2.70 bits per heavy atom. The first-order valence-electron chi connectivity index (χ1n) is 7.20. The molecular formula is C15H24N4O. The average molecular weight is 276 g/mol. The molecule has 1 aliphatic heterocycles. The topological polar surface area (TPSA) is 62.5 Å². The molecule has 0 radical (unpaired) electrons. The third kappa shape index (κ3) is 3.10. The van der Waals surface area contributed by atoms with Crippen LogP contribution in [0.25, 0.3) is 0 Å². The number of anilines is 1. The summed E-state index contributed by atoms with van der Waals surface area (Å²) in [5, 5.41) is 0. The standard InChI is InChI=1S/C15H24N4O/c1-11-9-15(14(10-16)12(2)17-11)19-6-4-5-18(7-8-19)13(3)20/h9H,4-8,10,16H2,1-3H3. The van der Waals surface area contributed by atoms with Crippen LogP contribution in [-0.2, 0) is 11.3 Å².